The van der Waals surface area contributed by atoms with Crippen molar-refractivity contribution in [3.05, 3.63) is 44.8 Å². The van der Waals surface area contributed by atoms with Gasteiger partial charge in [0.25, 0.3) is 5.56 Å². The molecule has 0 aliphatic carbocycles. The molecule has 10 nitrogen and oxygen atoms in total. The third-order valence-corrected chi connectivity index (χ3v) is 3.30. The van der Waals surface area contributed by atoms with Gasteiger partial charge in [0.15, 0.2) is 0 Å². The van der Waals surface area contributed by atoms with Crippen LogP contribution >= 0.6 is 0 Å². The summed E-state index contributed by atoms with van der Waals surface area (Å²) in [4.78, 5) is 51.5. The Kier molecular flexibility index (Phi) is 7.11. The van der Waals surface area contributed by atoms with Crippen molar-refractivity contribution in [2.24, 2.45) is 0 Å². The maximum atomic E-state index is 11.5. The van der Waals surface area contributed by atoms with Crippen LogP contribution in [-0.2, 0) is 30.4 Å². The zero-order valence-electron chi connectivity index (χ0n) is 13.5. The molecule has 0 atom stereocenters. The zero-order chi connectivity index (χ0) is 18.1. The number of ether oxygens (including phenoxy) is 3. The van der Waals surface area contributed by atoms with Crippen LogP contribution < -0.4 is 11.2 Å². The second-order valence-electron chi connectivity index (χ2n) is 5.18. The van der Waals surface area contributed by atoms with Crippen molar-refractivity contribution in [3.8, 4) is 0 Å². The van der Waals surface area contributed by atoms with E-state index in [4.69, 9.17) is 14.2 Å². The minimum Gasteiger partial charge on any atom is -0.461 e. The predicted octanol–water partition coefficient (Wildman–Crippen LogP) is -1.46. The first-order valence-corrected chi connectivity index (χ1v) is 7.67. The fourth-order valence-corrected chi connectivity index (χ4v) is 2.08. The average Bonchev–Trinajstić information content (AvgIpc) is 2.58. The van der Waals surface area contributed by atoms with Gasteiger partial charge in [-0.25, -0.2) is 14.4 Å². The summed E-state index contributed by atoms with van der Waals surface area (Å²) in [5.41, 5.74) is -1.16. The molecule has 2 rings (SSSR count). The molecule has 0 amide bonds. The fourth-order valence-electron chi connectivity index (χ4n) is 2.08. The molecule has 10 heteroatoms. The molecular weight excluding hydrogens is 334 g/mol. The summed E-state index contributed by atoms with van der Waals surface area (Å²) in [6.45, 7) is 3.44. The van der Waals surface area contributed by atoms with Crippen molar-refractivity contribution >= 4 is 11.9 Å². The largest absolute Gasteiger partial charge is 0.461 e. The van der Waals surface area contributed by atoms with Crippen LogP contribution in [0, 0.1) is 0 Å². The Morgan fingerprint density at radius 3 is 2.48 bits per heavy atom. The standard InChI is InChI=1S/C15H19N3O7/c19-12-9-11(16-15(22)17-12)10-25-14(21)2-1-13(20)24-8-5-18-3-6-23-7-4-18/h1-2,9H,3-8,10H2,(H2,16,17,19,22)/b2-1+. The van der Waals surface area contributed by atoms with Crippen LogP contribution in [0.4, 0.5) is 0 Å². The fraction of sp³-hybridized carbons (Fsp3) is 0.467. The van der Waals surface area contributed by atoms with Crippen molar-refractivity contribution in [3.63, 3.8) is 0 Å². The molecule has 1 fully saturated rings. The monoisotopic (exact) mass is 353 g/mol. The average molecular weight is 353 g/mol. The van der Waals surface area contributed by atoms with Gasteiger partial charge in [-0.05, 0) is 0 Å². The zero-order valence-corrected chi connectivity index (χ0v) is 13.5. The lowest BCUT2D eigenvalue weighted by atomic mass is 10.4. The Hall–Kier alpha value is -2.72. The Morgan fingerprint density at radius 1 is 1.12 bits per heavy atom. The van der Waals surface area contributed by atoms with Gasteiger partial charge in [0, 0.05) is 37.9 Å². The summed E-state index contributed by atoms with van der Waals surface area (Å²) in [5.74, 6) is -1.46. The third-order valence-electron chi connectivity index (χ3n) is 3.30. The second kappa shape index (κ2) is 9.55. The van der Waals surface area contributed by atoms with Gasteiger partial charge in [-0.1, -0.05) is 0 Å². The number of aromatic nitrogens is 2. The van der Waals surface area contributed by atoms with Gasteiger partial charge in [0.1, 0.15) is 13.2 Å². The molecule has 1 saturated heterocycles. The van der Waals surface area contributed by atoms with Crippen molar-refractivity contribution in [1.29, 1.82) is 0 Å². The normalized spacial score (nSPS) is 15.2. The van der Waals surface area contributed by atoms with Crippen LogP contribution in [0.3, 0.4) is 0 Å². The number of H-pyrrole nitrogens is 2. The molecule has 0 unspecified atom stereocenters. The smallest absolute Gasteiger partial charge is 0.331 e. The summed E-state index contributed by atoms with van der Waals surface area (Å²) in [5, 5.41) is 0. The Bertz CT molecular complexity index is 703. The number of rotatable bonds is 7. The first-order valence-electron chi connectivity index (χ1n) is 7.67. The van der Waals surface area contributed by atoms with Crippen molar-refractivity contribution in [2.45, 2.75) is 6.61 Å². The highest BCUT2D eigenvalue weighted by Gasteiger charge is 2.10. The Labute approximate surface area is 142 Å². The summed E-state index contributed by atoms with van der Waals surface area (Å²) < 4.78 is 15.0. The SMILES string of the molecule is O=C(/C=C/C(=O)OCc1cc(=O)[nH]c(=O)[nH]1)OCCN1CCOCC1. The number of nitrogens with zero attached hydrogens (tertiary/aromatic N) is 1. The molecule has 1 aromatic heterocycles. The molecule has 25 heavy (non-hydrogen) atoms. The number of hydrogen-bond acceptors (Lipinski definition) is 8. The number of esters is 2. The number of carbonyl (C=O) groups is 2. The number of morpholine rings is 1. The van der Waals surface area contributed by atoms with E-state index in [-0.39, 0.29) is 18.9 Å². The Balaban J connectivity index is 1.67. The van der Waals surface area contributed by atoms with Gasteiger partial charge >= 0.3 is 17.6 Å². The van der Waals surface area contributed by atoms with E-state index in [9.17, 15) is 19.2 Å². The van der Waals surface area contributed by atoms with E-state index in [1.54, 1.807) is 0 Å². The molecule has 2 N–H and O–H groups in total. The number of hydrogen-bond donors (Lipinski definition) is 2. The van der Waals surface area contributed by atoms with Crippen LogP contribution in [-0.4, -0.2) is 66.3 Å². The molecule has 0 saturated carbocycles. The van der Waals surface area contributed by atoms with E-state index in [1.165, 1.54) is 0 Å². The van der Waals surface area contributed by atoms with Crippen molar-refractivity contribution in [2.75, 3.05) is 39.5 Å². The summed E-state index contributed by atoms with van der Waals surface area (Å²) in [7, 11) is 0. The van der Waals surface area contributed by atoms with E-state index in [0.717, 1.165) is 31.3 Å². The van der Waals surface area contributed by atoms with Gasteiger partial charge in [-0.3, -0.25) is 14.7 Å². The molecule has 0 spiro atoms. The maximum Gasteiger partial charge on any atom is 0.331 e. The van der Waals surface area contributed by atoms with Gasteiger partial charge < -0.3 is 19.2 Å². The summed E-state index contributed by atoms with van der Waals surface area (Å²) in [6.07, 6.45) is 1.88. The molecule has 1 aliphatic rings. The van der Waals surface area contributed by atoms with E-state index in [1.807, 2.05) is 4.98 Å². The quantitative estimate of drug-likeness (QED) is 0.449. The number of aromatic amines is 2. The Morgan fingerprint density at radius 2 is 1.80 bits per heavy atom. The van der Waals surface area contributed by atoms with Crippen molar-refractivity contribution < 1.29 is 23.8 Å². The minimum absolute atomic E-state index is 0.142. The third kappa shape index (κ3) is 7.14. The number of carbonyl (C=O) groups excluding carboxylic acids is 2. The molecule has 2 heterocycles. The lowest BCUT2D eigenvalue weighted by Crippen LogP contribution is -2.38. The van der Waals surface area contributed by atoms with Gasteiger partial charge in [-0.15, -0.1) is 0 Å². The molecule has 1 aliphatic heterocycles. The van der Waals surface area contributed by atoms with E-state index >= 15 is 0 Å². The minimum atomic E-state index is -0.800. The molecule has 0 aromatic carbocycles. The molecule has 0 bridgehead atoms. The molecule has 0 radical (unpaired) electrons. The van der Waals surface area contributed by atoms with Gasteiger partial charge in [0.05, 0.1) is 18.9 Å². The first kappa shape index (κ1) is 18.6. The highest BCUT2D eigenvalue weighted by atomic mass is 16.5. The van der Waals surface area contributed by atoms with Crippen LogP contribution in [0.25, 0.3) is 0 Å². The molecule has 1 aromatic rings. The first-order chi connectivity index (χ1) is 12.0. The van der Waals surface area contributed by atoms with Crippen LogP contribution in [0.5, 0.6) is 0 Å². The lowest BCUT2D eigenvalue weighted by molar-refractivity contribution is -0.141. The summed E-state index contributed by atoms with van der Waals surface area (Å²) >= 11 is 0. The maximum absolute atomic E-state index is 11.5. The van der Waals surface area contributed by atoms with E-state index in [2.05, 4.69) is 9.88 Å². The van der Waals surface area contributed by atoms with Crippen LogP contribution in [0.1, 0.15) is 5.69 Å². The van der Waals surface area contributed by atoms with Crippen LogP contribution in [0.15, 0.2) is 27.8 Å². The molecular formula is C15H19N3O7. The summed E-state index contributed by atoms with van der Waals surface area (Å²) in [6, 6.07) is 1.10. The van der Waals surface area contributed by atoms with E-state index < -0.39 is 23.2 Å². The van der Waals surface area contributed by atoms with Gasteiger partial charge in [0.2, 0.25) is 0 Å². The lowest BCUT2D eigenvalue weighted by Gasteiger charge is -2.25. The second-order valence-corrected chi connectivity index (χ2v) is 5.18. The topological polar surface area (TPSA) is 131 Å². The van der Waals surface area contributed by atoms with E-state index in [0.29, 0.717) is 19.8 Å². The number of nitrogens with one attached hydrogen (secondary N) is 2. The van der Waals surface area contributed by atoms with Crippen LogP contribution in [0.2, 0.25) is 0 Å². The highest BCUT2D eigenvalue weighted by molar-refractivity contribution is 5.91. The van der Waals surface area contributed by atoms with Gasteiger partial charge in [-0.2, -0.15) is 0 Å². The van der Waals surface area contributed by atoms with Crippen molar-refractivity contribution in [1.82, 2.24) is 14.9 Å². The predicted molar refractivity (Wildman–Crippen MR) is 84.8 cm³/mol. The highest BCUT2D eigenvalue weighted by Crippen LogP contribution is 1.97. The molecule has 136 valence electrons.